The van der Waals surface area contributed by atoms with Crippen molar-refractivity contribution >= 4 is 11.5 Å². The summed E-state index contributed by atoms with van der Waals surface area (Å²) in [5.74, 6) is 1.94. The summed E-state index contributed by atoms with van der Waals surface area (Å²) in [7, 11) is 0. The van der Waals surface area contributed by atoms with Crippen molar-refractivity contribution in [2.75, 3.05) is 24.5 Å². The van der Waals surface area contributed by atoms with Gasteiger partial charge in [-0.25, -0.2) is 4.98 Å². The van der Waals surface area contributed by atoms with Gasteiger partial charge in [0, 0.05) is 25.8 Å². The quantitative estimate of drug-likeness (QED) is 0.857. The molecule has 1 saturated heterocycles. The zero-order valence-corrected chi connectivity index (χ0v) is 13.2. The molecule has 114 valence electrons. The molecule has 0 spiro atoms. The molecule has 2 aromatic heterocycles. The van der Waals surface area contributed by atoms with Gasteiger partial charge in [-0.1, -0.05) is 19.9 Å². The first kappa shape index (κ1) is 14.4. The zero-order valence-electron chi connectivity index (χ0n) is 13.2. The van der Waals surface area contributed by atoms with Gasteiger partial charge in [0.25, 0.3) is 0 Å². The highest BCUT2D eigenvalue weighted by Gasteiger charge is 2.22. The number of hydrogen-bond acceptors (Lipinski definition) is 3. The first-order valence-electron chi connectivity index (χ1n) is 8.21. The van der Waals surface area contributed by atoms with Crippen molar-refractivity contribution in [1.29, 1.82) is 0 Å². The highest BCUT2D eigenvalue weighted by Crippen LogP contribution is 2.26. The number of hydrogen-bond donors (Lipinski definition) is 1. The number of aromatic nitrogens is 2. The fourth-order valence-electron chi connectivity index (χ4n) is 3.22. The lowest BCUT2D eigenvalue weighted by Crippen LogP contribution is -2.35. The second-order valence-corrected chi connectivity index (χ2v) is 6.18. The van der Waals surface area contributed by atoms with E-state index in [0.717, 1.165) is 44.2 Å². The summed E-state index contributed by atoms with van der Waals surface area (Å²) in [5.41, 5.74) is 2.35. The summed E-state index contributed by atoms with van der Waals surface area (Å²) >= 11 is 0. The van der Waals surface area contributed by atoms with E-state index < -0.39 is 0 Å². The van der Waals surface area contributed by atoms with Crippen LogP contribution in [0.25, 0.3) is 5.65 Å². The SMILES string of the molecule is CCCNCc1c(N2CCCC(C)C2)nc2ccccn12. The number of nitrogens with one attached hydrogen (secondary N) is 1. The Hall–Kier alpha value is -1.55. The van der Waals surface area contributed by atoms with Crippen LogP contribution in [0, 0.1) is 5.92 Å². The molecule has 0 amide bonds. The zero-order chi connectivity index (χ0) is 14.7. The monoisotopic (exact) mass is 286 g/mol. The largest absolute Gasteiger partial charge is 0.355 e. The van der Waals surface area contributed by atoms with Crippen molar-refractivity contribution in [3.63, 3.8) is 0 Å². The fourth-order valence-corrected chi connectivity index (χ4v) is 3.22. The lowest BCUT2D eigenvalue weighted by molar-refractivity contribution is 0.444. The molecule has 1 unspecified atom stereocenters. The standard InChI is InChI=1S/C17H26N4/c1-3-9-18-12-15-17(20-10-6-7-14(2)13-20)19-16-8-4-5-11-21(15)16/h4-5,8,11,14,18H,3,6-7,9-10,12-13H2,1-2H3. The topological polar surface area (TPSA) is 32.6 Å². The maximum absolute atomic E-state index is 4.90. The molecule has 0 saturated carbocycles. The van der Waals surface area contributed by atoms with Crippen LogP contribution in [0.1, 0.15) is 38.8 Å². The third-order valence-electron chi connectivity index (χ3n) is 4.28. The van der Waals surface area contributed by atoms with Crippen LogP contribution in [0.4, 0.5) is 5.82 Å². The fraction of sp³-hybridized carbons (Fsp3) is 0.588. The molecule has 3 heterocycles. The van der Waals surface area contributed by atoms with E-state index in [2.05, 4.69) is 52.9 Å². The third-order valence-corrected chi connectivity index (χ3v) is 4.28. The van der Waals surface area contributed by atoms with E-state index in [4.69, 9.17) is 4.98 Å². The molecular formula is C17H26N4. The van der Waals surface area contributed by atoms with E-state index in [1.54, 1.807) is 0 Å². The average Bonchev–Trinajstić information content (AvgIpc) is 2.87. The molecule has 0 aliphatic carbocycles. The first-order chi connectivity index (χ1) is 10.3. The van der Waals surface area contributed by atoms with Crippen LogP contribution in [-0.4, -0.2) is 29.0 Å². The van der Waals surface area contributed by atoms with E-state index in [1.807, 2.05) is 0 Å². The minimum absolute atomic E-state index is 0.764. The molecule has 1 N–H and O–H groups in total. The van der Waals surface area contributed by atoms with Crippen LogP contribution in [0.3, 0.4) is 0 Å². The van der Waals surface area contributed by atoms with Crippen molar-refractivity contribution in [1.82, 2.24) is 14.7 Å². The van der Waals surface area contributed by atoms with Crippen LogP contribution in [-0.2, 0) is 6.54 Å². The molecule has 1 aliphatic rings. The van der Waals surface area contributed by atoms with Gasteiger partial charge in [-0.15, -0.1) is 0 Å². The van der Waals surface area contributed by atoms with Crippen LogP contribution in [0.5, 0.6) is 0 Å². The number of anilines is 1. The molecular weight excluding hydrogens is 260 g/mol. The van der Waals surface area contributed by atoms with Gasteiger partial charge in [0.2, 0.25) is 0 Å². The molecule has 21 heavy (non-hydrogen) atoms. The highest BCUT2D eigenvalue weighted by molar-refractivity contribution is 5.56. The lowest BCUT2D eigenvalue weighted by atomic mass is 10.0. The Morgan fingerprint density at radius 2 is 2.29 bits per heavy atom. The molecule has 1 fully saturated rings. The van der Waals surface area contributed by atoms with Gasteiger partial charge in [0.1, 0.15) is 5.65 Å². The van der Waals surface area contributed by atoms with Gasteiger partial charge >= 0.3 is 0 Å². The Bertz CT molecular complexity index is 589. The summed E-state index contributed by atoms with van der Waals surface area (Å²) in [6, 6.07) is 6.25. The lowest BCUT2D eigenvalue weighted by Gasteiger charge is -2.31. The van der Waals surface area contributed by atoms with Crippen LogP contribution in [0.15, 0.2) is 24.4 Å². The van der Waals surface area contributed by atoms with Crippen molar-refractivity contribution in [2.45, 2.75) is 39.7 Å². The minimum atomic E-state index is 0.764. The highest BCUT2D eigenvalue weighted by atomic mass is 15.2. The van der Waals surface area contributed by atoms with Crippen LogP contribution >= 0.6 is 0 Å². The van der Waals surface area contributed by atoms with Gasteiger partial charge < -0.3 is 14.6 Å². The molecule has 4 heteroatoms. The van der Waals surface area contributed by atoms with Gasteiger partial charge in [-0.05, 0) is 43.9 Å². The van der Waals surface area contributed by atoms with Gasteiger partial charge in [-0.3, -0.25) is 0 Å². The van der Waals surface area contributed by atoms with E-state index in [1.165, 1.54) is 24.4 Å². The second-order valence-electron chi connectivity index (χ2n) is 6.18. The number of piperidine rings is 1. The summed E-state index contributed by atoms with van der Waals surface area (Å²) < 4.78 is 2.23. The van der Waals surface area contributed by atoms with Crippen molar-refractivity contribution in [3.05, 3.63) is 30.1 Å². The number of fused-ring (bicyclic) bond motifs is 1. The molecule has 0 radical (unpaired) electrons. The summed E-state index contributed by atoms with van der Waals surface area (Å²) in [5, 5.41) is 3.53. The number of rotatable bonds is 5. The minimum Gasteiger partial charge on any atom is -0.355 e. The molecule has 0 aromatic carbocycles. The van der Waals surface area contributed by atoms with E-state index >= 15 is 0 Å². The predicted molar refractivity (Wildman–Crippen MR) is 87.8 cm³/mol. The Balaban J connectivity index is 1.93. The number of nitrogens with zero attached hydrogens (tertiary/aromatic N) is 3. The van der Waals surface area contributed by atoms with E-state index in [9.17, 15) is 0 Å². The number of imidazole rings is 1. The maximum Gasteiger partial charge on any atom is 0.152 e. The van der Waals surface area contributed by atoms with Gasteiger partial charge in [-0.2, -0.15) is 0 Å². The first-order valence-corrected chi connectivity index (χ1v) is 8.21. The Morgan fingerprint density at radius 3 is 3.10 bits per heavy atom. The Morgan fingerprint density at radius 1 is 1.38 bits per heavy atom. The van der Waals surface area contributed by atoms with Crippen LogP contribution in [0.2, 0.25) is 0 Å². The van der Waals surface area contributed by atoms with E-state index in [0.29, 0.717) is 0 Å². The normalized spacial score (nSPS) is 19.3. The molecule has 4 nitrogen and oxygen atoms in total. The second kappa shape index (κ2) is 6.48. The summed E-state index contributed by atoms with van der Waals surface area (Å²) in [6.45, 7) is 8.75. The van der Waals surface area contributed by atoms with Gasteiger partial charge in [0.15, 0.2) is 5.82 Å². The number of pyridine rings is 1. The molecule has 2 aromatic rings. The predicted octanol–water partition coefficient (Wildman–Crippen LogP) is 3.07. The molecule has 1 atom stereocenters. The Labute approximate surface area is 127 Å². The van der Waals surface area contributed by atoms with Gasteiger partial charge in [0.05, 0.1) is 5.69 Å². The molecule has 3 rings (SSSR count). The van der Waals surface area contributed by atoms with Crippen LogP contribution < -0.4 is 10.2 Å². The smallest absolute Gasteiger partial charge is 0.152 e. The Kier molecular flexibility index (Phi) is 4.44. The molecule has 0 bridgehead atoms. The van der Waals surface area contributed by atoms with Crippen molar-refractivity contribution in [2.24, 2.45) is 5.92 Å². The maximum atomic E-state index is 4.90. The summed E-state index contributed by atoms with van der Waals surface area (Å²) in [4.78, 5) is 7.37. The van der Waals surface area contributed by atoms with Crippen molar-refractivity contribution in [3.8, 4) is 0 Å². The van der Waals surface area contributed by atoms with Crippen molar-refractivity contribution < 1.29 is 0 Å². The molecule has 1 aliphatic heterocycles. The third kappa shape index (κ3) is 3.05. The average molecular weight is 286 g/mol. The summed E-state index contributed by atoms with van der Waals surface area (Å²) in [6.07, 6.45) is 5.90. The van der Waals surface area contributed by atoms with E-state index in [-0.39, 0.29) is 0 Å².